The Kier molecular flexibility index (Phi) is 6.54. The molecular formula is C18H17ClN2O4. The van der Waals surface area contributed by atoms with Gasteiger partial charge in [-0.3, -0.25) is 9.59 Å². The van der Waals surface area contributed by atoms with Crippen LogP contribution in [0.3, 0.4) is 0 Å². The summed E-state index contributed by atoms with van der Waals surface area (Å²) in [4.78, 5) is 34.8. The molecule has 0 saturated carbocycles. The number of anilines is 1. The lowest BCUT2D eigenvalue weighted by atomic mass is 10.2. The van der Waals surface area contributed by atoms with Gasteiger partial charge in [-0.25, -0.2) is 4.79 Å². The number of carbonyl (C=O) groups excluding carboxylic acids is 3. The first-order chi connectivity index (χ1) is 11.9. The molecule has 0 unspecified atom stereocenters. The Hall–Kier alpha value is -2.86. The fraction of sp³-hybridized carbons (Fsp3) is 0.167. The minimum atomic E-state index is -0.645. The van der Waals surface area contributed by atoms with Gasteiger partial charge >= 0.3 is 5.97 Å². The molecule has 0 spiro atoms. The molecule has 0 aliphatic carbocycles. The molecule has 2 aromatic carbocycles. The topological polar surface area (TPSA) is 84.5 Å². The molecule has 0 aliphatic heterocycles. The first-order valence-electron chi connectivity index (χ1n) is 7.50. The average Bonchev–Trinajstić information content (AvgIpc) is 2.59. The van der Waals surface area contributed by atoms with E-state index in [0.29, 0.717) is 17.3 Å². The van der Waals surface area contributed by atoms with Crippen molar-refractivity contribution in [2.45, 2.75) is 13.5 Å². The normalized spacial score (nSPS) is 10.0. The first kappa shape index (κ1) is 18.5. The van der Waals surface area contributed by atoms with E-state index >= 15 is 0 Å². The number of ether oxygens (including phenoxy) is 1. The Balaban J connectivity index is 1.81. The van der Waals surface area contributed by atoms with Gasteiger partial charge in [-0.1, -0.05) is 29.8 Å². The molecule has 2 aromatic rings. The zero-order valence-electron chi connectivity index (χ0n) is 13.5. The maximum absolute atomic E-state index is 12.0. The van der Waals surface area contributed by atoms with Crippen LogP contribution in [0, 0.1) is 0 Å². The quantitative estimate of drug-likeness (QED) is 0.776. The minimum Gasteiger partial charge on any atom is -0.452 e. The lowest BCUT2D eigenvalue weighted by molar-refractivity contribution is -0.124. The van der Waals surface area contributed by atoms with Gasteiger partial charge in [-0.05, 0) is 35.9 Å². The average molecular weight is 361 g/mol. The molecule has 2 N–H and O–H groups in total. The van der Waals surface area contributed by atoms with Crippen LogP contribution in [0.15, 0.2) is 48.5 Å². The molecule has 0 radical (unpaired) electrons. The fourth-order valence-corrected chi connectivity index (χ4v) is 2.12. The summed E-state index contributed by atoms with van der Waals surface area (Å²) in [7, 11) is 0. The van der Waals surface area contributed by atoms with Gasteiger partial charge < -0.3 is 15.4 Å². The van der Waals surface area contributed by atoms with E-state index in [9.17, 15) is 14.4 Å². The van der Waals surface area contributed by atoms with Crippen LogP contribution in [0.4, 0.5) is 5.69 Å². The van der Waals surface area contributed by atoms with Crippen molar-refractivity contribution in [3.63, 3.8) is 0 Å². The van der Waals surface area contributed by atoms with E-state index in [0.717, 1.165) is 5.56 Å². The number of hydrogen-bond donors (Lipinski definition) is 2. The second-order valence-electron chi connectivity index (χ2n) is 5.24. The van der Waals surface area contributed by atoms with Crippen molar-refractivity contribution in [1.29, 1.82) is 0 Å². The van der Waals surface area contributed by atoms with Gasteiger partial charge in [0.05, 0.1) is 5.56 Å². The number of hydrogen-bond acceptors (Lipinski definition) is 4. The standard InChI is InChI=1S/C18H17ClN2O4/c1-12(22)21-16-4-2-3-14(9-16)18(24)25-11-17(23)20-10-13-5-7-15(19)8-6-13/h2-9H,10-11H2,1H3,(H,20,23)(H,21,22). The lowest BCUT2D eigenvalue weighted by Crippen LogP contribution is -2.28. The SMILES string of the molecule is CC(=O)Nc1cccc(C(=O)OCC(=O)NCc2ccc(Cl)cc2)c1. The maximum atomic E-state index is 12.0. The lowest BCUT2D eigenvalue weighted by Gasteiger charge is -2.08. The number of nitrogens with one attached hydrogen (secondary N) is 2. The van der Waals surface area contributed by atoms with E-state index in [1.54, 1.807) is 42.5 Å². The minimum absolute atomic E-state index is 0.243. The summed E-state index contributed by atoms with van der Waals surface area (Å²) >= 11 is 5.79. The highest BCUT2D eigenvalue weighted by Gasteiger charge is 2.11. The second-order valence-corrected chi connectivity index (χ2v) is 5.68. The highest BCUT2D eigenvalue weighted by atomic mass is 35.5. The molecule has 0 atom stereocenters. The predicted octanol–water partition coefficient (Wildman–Crippen LogP) is 2.77. The molecule has 6 nitrogen and oxygen atoms in total. The van der Waals surface area contributed by atoms with Crippen LogP contribution in [0.2, 0.25) is 5.02 Å². The third-order valence-electron chi connectivity index (χ3n) is 3.16. The third kappa shape index (κ3) is 6.27. The summed E-state index contributed by atoms with van der Waals surface area (Å²) in [6.45, 7) is 1.29. The van der Waals surface area contributed by atoms with Crippen LogP contribution >= 0.6 is 11.6 Å². The van der Waals surface area contributed by atoms with E-state index < -0.39 is 18.5 Å². The van der Waals surface area contributed by atoms with E-state index in [2.05, 4.69) is 10.6 Å². The smallest absolute Gasteiger partial charge is 0.338 e. The molecule has 25 heavy (non-hydrogen) atoms. The van der Waals surface area contributed by atoms with Crippen LogP contribution in [-0.2, 0) is 20.9 Å². The van der Waals surface area contributed by atoms with Crippen LogP contribution in [0.5, 0.6) is 0 Å². The van der Waals surface area contributed by atoms with Crippen LogP contribution in [0.1, 0.15) is 22.8 Å². The number of carbonyl (C=O) groups is 3. The van der Waals surface area contributed by atoms with Gasteiger partial charge in [0, 0.05) is 24.2 Å². The Bertz CT molecular complexity index is 775. The van der Waals surface area contributed by atoms with Gasteiger partial charge in [-0.2, -0.15) is 0 Å². The highest BCUT2D eigenvalue weighted by Crippen LogP contribution is 2.12. The molecule has 0 aliphatic rings. The number of amides is 2. The van der Waals surface area contributed by atoms with Crippen molar-refractivity contribution in [1.82, 2.24) is 5.32 Å². The molecule has 7 heteroatoms. The molecular weight excluding hydrogens is 344 g/mol. The van der Waals surface area contributed by atoms with E-state index in [1.807, 2.05) is 0 Å². The number of halogens is 1. The third-order valence-corrected chi connectivity index (χ3v) is 3.41. The highest BCUT2D eigenvalue weighted by molar-refractivity contribution is 6.30. The summed E-state index contributed by atoms with van der Waals surface area (Å²) in [6.07, 6.45) is 0. The zero-order valence-corrected chi connectivity index (χ0v) is 14.3. The molecule has 0 fully saturated rings. The number of rotatable bonds is 6. The monoisotopic (exact) mass is 360 g/mol. The van der Waals surface area contributed by atoms with Gasteiger partial charge in [0.25, 0.3) is 5.91 Å². The van der Waals surface area contributed by atoms with Crippen molar-refractivity contribution in [3.05, 3.63) is 64.7 Å². The number of benzene rings is 2. The van der Waals surface area contributed by atoms with Crippen molar-refractivity contribution < 1.29 is 19.1 Å². The van der Waals surface area contributed by atoms with Crippen molar-refractivity contribution >= 4 is 35.1 Å². The summed E-state index contributed by atoms with van der Waals surface area (Å²) < 4.78 is 4.97. The molecule has 2 amide bonds. The van der Waals surface area contributed by atoms with Crippen LogP contribution in [0.25, 0.3) is 0 Å². The van der Waals surface area contributed by atoms with Crippen molar-refractivity contribution in [2.24, 2.45) is 0 Å². The molecule has 0 aromatic heterocycles. The predicted molar refractivity (Wildman–Crippen MR) is 94.3 cm³/mol. The Morgan fingerprint density at radius 2 is 1.80 bits per heavy atom. The molecule has 130 valence electrons. The van der Waals surface area contributed by atoms with Gasteiger partial charge in [-0.15, -0.1) is 0 Å². The maximum Gasteiger partial charge on any atom is 0.338 e. The van der Waals surface area contributed by atoms with Crippen molar-refractivity contribution in [2.75, 3.05) is 11.9 Å². The van der Waals surface area contributed by atoms with Crippen LogP contribution in [-0.4, -0.2) is 24.4 Å². The summed E-state index contributed by atoms with van der Waals surface area (Å²) in [5, 5.41) is 5.83. The molecule has 2 rings (SSSR count). The van der Waals surface area contributed by atoms with E-state index in [1.165, 1.54) is 13.0 Å². The second kappa shape index (κ2) is 8.84. The summed E-state index contributed by atoms with van der Waals surface area (Å²) in [5.41, 5.74) is 1.61. The Morgan fingerprint density at radius 1 is 1.08 bits per heavy atom. The zero-order chi connectivity index (χ0) is 18.2. The Morgan fingerprint density at radius 3 is 2.48 bits per heavy atom. The number of esters is 1. The van der Waals surface area contributed by atoms with Gasteiger partial charge in [0.15, 0.2) is 6.61 Å². The van der Waals surface area contributed by atoms with Gasteiger partial charge in [0.2, 0.25) is 5.91 Å². The van der Waals surface area contributed by atoms with Crippen molar-refractivity contribution in [3.8, 4) is 0 Å². The van der Waals surface area contributed by atoms with E-state index in [4.69, 9.17) is 16.3 Å². The van der Waals surface area contributed by atoms with Gasteiger partial charge in [0.1, 0.15) is 0 Å². The first-order valence-corrected chi connectivity index (χ1v) is 7.88. The molecule has 0 heterocycles. The summed E-state index contributed by atoms with van der Waals surface area (Å²) in [5.74, 6) is -1.30. The Labute approximate surface area is 150 Å². The van der Waals surface area contributed by atoms with E-state index in [-0.39, 0.29) is 11.5 Å². The fourth-order valence-electron chi connectivity index (χ4n) is 2.00. The molecule has 0 saturated heterocycles. The molecule has 0 bridgehead atoms. The summed E-state index contributed by atoms with van der Waals surface area (Å²) in [6, 6.07) is 13.3. The van der Waals surface area contributed by atoms with Crippen LogP contribution < -0.4 is 10.6 Å². The largest absolute Gasteiger partial charge is 0.452 e.